The Balaban J connectivity index is 4.36. The lowest BCUT2D eigenvalue weighted by molar-refractivity contribution is -0.889. The Labute approximate surface area is 357 Å². The van der Waals surface area contributed by atoms with Crippen LogP contribution in [0, 0.1) is 0 Å². The highest BCUT2D eigenvalue weighted by Gasteiger charge is 2.25. The van der Waals surface area contributed by atoms with E-state index in [1.165, 1.54) is 135 Å². The molecule has 2 unspecified atom stereocenters. The van der Waals surface area contributed by atoms with Gasteiger partial charge in [-0.3, -0.25) is 9.59 Å². The van der Waals surface area contributed by atoms with E-state index in [1.54, 1.807) is 21.1 Å². The molecule has 58 heavy (non-hydrogen) atoms. The Morgan fingerprint density at radius 2 is 0.931 bits per heavy atom. The number of quaternary nitrogens is 1. The summed E-state index contributed by atoms with van der Waals surface area (Å²) in [6, 6.07) is -0.733. The molecular weight excluding hydrogens is 727 g/mol. The normalized spacial score (nSPS) is 13.2. The molecule has 0 aromatic carbocycles. The van der Waals surface area contributed by atoms with Crippen LogP contribution in [0.25, 0.3) is 0 Å². The molecule has 0 aliphatic carbocycles. The van der Waals surface area contributed by atoms with E-state index in [4.69, 9.17) is 14.2 Å². The van der Waals surface area contributed by atoms with Gasteiger partial charge in [-0.15, -0.1) is 0 Å². The van der Waals surface area contributed by atoms with Crippen molar-refractivity contribution in [1.29, 1.82) is 0 Å². The monoisotopic (exact) mass is 818 g/mol. The fourth-order valence-electron chi connectivity index (χ4n) is 7.03. The number of rotatable bonds is 43. The molecule has 0 saturated carbocycles. The topological polar surface area (TPSA) is 102 Å². The smallest absolute Gasteiger partial charge is 0.306 e. The molecule has 0 heterocycles. The lowest BCUT2D eigenvalue weighted by atomic mass is 10.0. The zero-order chi connectivity index (χ0) is 42.8. The molecule has 0 rings (SSSR count). The molecule has 0 spiro atoms. The van der Waals surface area contributed by atoms with Crippen LogP contribution < -0.4 is 5.11 Å². The van der Waals surface area contributed by atoms with Crippen LogP contribution in [0.1, 0.15) is 213 Å². The second-order valence-corrected chi connectivity index (χ2v) is 17.4. The summed E-state index contributed by atoms with van der Waals surface area (Å²) in [7, 11) is 5.40. The fourth-order valence-corrected chi connectivity index (χ4v) is 7.03. The maximum absolute atomic E-state index is 12.7. The standard InChI is InChI=1S/C50H91NO7/c1-6-8-10-12-14-16-18-20-22-24-26-28-30-32-34-36-38-40-48(52)57-45-46(44-56-43-42-47(50(54)55)51(3,4)5)58-49(53)41-39-37-35-33-31-29-27-25-23-21-19-17-15-13-11-9-7-2/h21,23,27,29,33,35,46-47H,6-20,22,24-26,28,30-32,34,36-45H2,1-5H3/b23-21+,29-27+,35-33+. The van der Waals surface area contributed by atoms with Crippen LogP contribution in [0.4, 0.5) is 0 Å². The van der Waals surface area contributed by atoms with E-state index in [2.05, 4.69) is 50.3 Å². The third-order valence-corrected chi connectivity index (χ3v) is 10.8. The molecule has 0 aliphatic rings. The number of ether oxygens (including phenoxy) is 3. The van der Waals surface area contributed by atoms with Crippen molar-refractivity contribution < 1.29 is 38.2 Å². The Hall–Kier alpha value is -2.45. The number of carboxylic acid groups (broad SMARTS) is 1. The molecule has 0 aromatic heterocycles. The minimum Gasteiger partial charge on any atom is -0.544 e. The molecule has 0 saturated heterocycles. The zero-order valence-electron chi connectivity index (χ0n) is 38.5. The van der Waals surface area contributed by atoms with Crippen molar-refractivity contribution in [1.82, 2.24) is 0 Å². The number of hydrogen-bond acceptors (Lipinski definition) is 7. The molecule has 0 radical (unpaired) electrons. The second-order valence-electron chi connectivity index (χ2n) is 17.4. The number of unbranched alkanes of at least 4 members (excludes halogenated alkanes) is 23. The van der Waals surface area contributed by atoms with Crippen LogP contribution in [-0.2, 0) is 28.6 Å². The molecule has 2 atom stereocenters. The van der Waals surface area contributed by atoms with Crippen molar-refractivity contribution in [3.63, 3.8) is 0 Å². The predicted molar refractivity (Wildman–Crippen MR) is 240 cm³/mol. The Bertz CT molecular complexity index is 1050. The predicted octanol–water partition coefficient (Wildman–Crippen LogP) is 12.1. The zero-order valence-corrected chi connectivity index (χ0v) is 38.5. The highest BCUT2D eigenvalue weighted by Crippen LogP contribution is 2.15. The molecule has 338 valence electrons. The van der Waals surface area contributed by atoms with Crippen molar-refractivity contribution in [2.45, 2.75) is 225 Å². The molecule has 0 bridgehead atoms. The summed E-state index contributed by atoms with van der Waals surface area (Å²) in [5.74, 6) is -1.79. The van der Waals surface area contributed by atoms with Crippen molar-refractivity contribution in [2.75, 3.05) is 41.0 Å². The van der Waals surface area contributed by atoms with Crippen LogP contribution in [-0.4, -0.2) is 75.5 Å². The molecule has 0 N–H and O–H groups in total. The Kier molecular flexibility index (Phi) is 39.5. The van der Waals surface area contributed by atoms with Crippen LogP contribution in [0.3, 0.4) is 0 Å². The van der Waals surface area contributed by atoms with Gasteiger partial charge in [0, 0.05) is 19.3 Å². The van der Waals surface area contributed by atoms with Crippen LogP contribution in [0.5, 0.6) is 0 Å². The number of carbonyl (C=O) groups excluding carboxylic acids is 3. The SMILES string of the molecule is CCCCCCCC/C=C/C/C=C/C/C=C/CCCC(=O)OC(COCCC(C(=O)[O-])[N+](C)(C)C)COC(=O)CCCCCCCCCCCCCCCCCCC. The quantitative estimate of drug-likeness (QED) is 0.0261. The van der Waals surface area contributed by atoms with Gasteiger partial charge >= 0.3 is 11.9 Å². The summed E-state index contributed by atoms with van der Waals surface area (Å²) in [6.07, 6.45) is 47.5. The van der Waals surface area contributed by atoms with Gasteiger partial charge in [0.15, 0.2) is 6.10 Å². The number of hydrogen-bond donors (Lipinski definition) is 0. The van der Waals surface area contributed by atoms with E-state index in [1.807, 2.05) is 0 Å². The molecule has 8 heteroatoms. The first kappa shape index (κ1) is 55.5. The Morgan fingerprint density at radius 3 is 1.40 bits per heavy atom. The number of aliphatic carboxylic acids is 1. The van der Waals surface area contributed by atoms with Gasteiger partial charge < -0.3 is 28.6 Å². The van der Waals surface area contributed by atoms with Crippen molar-refractivity contribution in [2.24, 2.45) is 0 Å². The van der Waals surface area contributed by atoms with E-state index < -0.39 is 18.1 Å². The van der Waals surface area contributed by atoms with Crippen molar-refractivity contribution in [3.05, 3.63) is 36.5 Å². The van der Waals surface area contributed by atoms with Gasteiger partial charge in [-0.1, -0.05) is 185 Å². The van der Waals surface area contributed by atoms with E-state index >= 15 is 0 Å². The van der Waals surface area contributed by atoms with E-state index in [-0.39, 0.29) is 49.1 Å². The Morgan fingerprint density at radius 1 is 0.517 bits per heavy atom. The van der Waals surface area contributed by atoms with Gasteiger partial charge in [0.05, 0.1) is 40.3 Å². The third-order valence-electron chi connectivity index (χ3n) is 10.8. The molecular formula is C50H91NO7. The maximum Gasteiger partial charge on any atom is 0.306 e. The molecule has 0 amide bonds. The van der Waals surface area contributed by atoms with Gasteiger partial charge in [0.2, 0.25) is 0 Å². The average Bonchev–Trinajstić information content (AvgIpc) is 3.18. The first-order valence-electron chi connectivity index (χ1n) is 24.0. The number of carboxylic acids is 1. The largest absolute Gasteiger partial charge is 0.544 e. The van der Waals surface area contributed by atoms with E-state index in [0.717, 1.165) is 38.5 Å². The number of nitrogens with zero attached hydrogens (tertiary/aromatic N) is 1. The molecule has 0 aromatic rings. The van der Waals surface area contributed by atoms with E-state index in [9.17, 15) is 19.5 Å². The van der Waals surface area contributed by atoms with Gasteiger partial charge in [-0.25, -0.2) is 0 Å². The first-order chi connectivity index (χ1) is 28.1. The van der Waals surface area contributed by atoms with E-state index in [0.29, 0.717) is 12.8 Å². The minimum atomic E-state index is -1.13. The summed E-state index contributed by atoms with van der Waals surface area (Å²) < 4.78 is 17.2. The molecule has 0 aliphatic heterocycles. The summed E-state index contributed by atoms with van der Waals surface area (Å²) in [6.45, 7) is 4.62. The maximum atomic E-state index is 12.7. The number of allylic oxidation sites excluding steroid dienone is 6. The number of carbonyl (C=O) groups is 3. The highest BCUT2D eigenvalue weighted by atomic mass is 16.6. The summed E-state index contributed by atoms with van der Waals surface area (Å²) >= 11 is 0. The van der Waals surface area contributed by atoms with Crippen LogP contribution in [0.15, 0.2) is 36.5 Å². The molecule has 0 fully saturated rings. The van der Waals surface area contributed by atoms with Gasteiger partial charge in [0.25, 0.3) is 0 Å². The lowest BCUT2D eigenvalue weighted by Gasteiger charge is -2.34. The summed E-state index contributed by atoms with van der Waals surface area (Å²) in [4.78, 5) is 36.9. The fraction of sp³-hybridized carbons (Fsp3) is 0.820. The summed E-state index contributed by atoms with van der Waals surface area (Å²) in [5.41, 5.74) is 0. The number of likely N-dealkylation sites (N-methyl/N-ethyl adjacent to an activating group) is 1. The highest BCUT2D eigenvalue weighted by molar-refractivity contribution is 5.70. The third kappa shape index (κ3) is 39.0. The van der Waals surface area contributed by atoms with Crippen molar-refractivity contribution >= 4 is 17.9 Å². The molecule has 8 nitrogen and oxygen atoms in total. The number of esters is 2. The second kappa shape index (κ2) is 41.3. The van der Waals surface area contributed by atoms with Crippen LogP contribution >= 0.6 is 0 Å². The average molecular weight is 818 g/mol. The van der Waals surface area contributed by atoms with Crippen molar-refractivity contribution in [3.8, 4) is 0 Å². The van der Waals surface area contributed by atoms with Crippen LogP contribution in [0.2, 0.25) is 0 Å². The minimum absolute atomic E-state index is 0.0233. The summed E-state index contributed by atoms with van der Waals surface area (Å²) in [5, 5.41) is 11.6. The lowest BCUT2D eigenvalue weighted by Crippen LogP contribution is -2.55. The van der Waals surface area contributed by atoms with Gasteiger partial charge in [0.1, 0.15) is 12.6 Å². The first-order valence-corrected chi connectivity index (χ1v) is 24.0. The van der Waals surface area contributed by atoms with Gasteiger partial charge in [-0.05, 0) is 44.9 Å². The van der Waals surface area contributed by atoms with Gasteiger partial charge in [-0.2, -0.15) is 0 Å².